The number of amides is 2. The van der Waals surface area contributed by atoms with E-state index in [1.807, 2.05) is 0 Å². The van der Waals surface area contributed by atoms with Crippen LogP contribution in [0.2, 0.25) is 0 Å². The molecule has 5 rings (SSSR count). The van der Waals surface area contributed by atoms with Crippen molar-refractivity contribution in [2.24, 2.45) is 17.3 Å². The van der Waals surface area contributed by atoms with Gasteiger partial charge in [0.1, 0.15) is 0 Å². The molecular weight excluding hydrogens is 394 g/mol. The molecule has 1 heterocycles. The van der Waals surface area contributed by atoms with Crippen molar-refractivity contribution in [2.75, 3.05) is 39.3 Å². The largest absolute Gasteiger partial charge is 0.355 e. The predicted molar refractivity (Wildman–Crippen MR) is 105 cm³/mol. The number of hydrogen-bond donors (Lipinski definition) is 1. The van der Waals surface area contributed by atoms with Gasteiger partial charge in [0.25, 0.3) is 0 Å². The van der Waals surface area contributed by atoms with Gasteiger partial charge in [-0.25, -0.2) is 0 Å². The molecule has 1 saturated heterocycles. The van der Waals surface area contributed by atoms with E-state index in [1.165, 1.54) is 19.3 Å². The summed E-state index contributed by atoms with van der Waals surface area (Å²) in [5.41, 5.74) is -0.103. The zero-order valence-electron chi connectivity index (χ0n) is 15.9. The molecular formula is C20H32BrN3O2. The smallest absolute Gasteiger partial charge is 0.234 e. The SMILES string of the molecule is CCCNC(=O)CN1CCN(C(=O)C23CC4CC(CC(Br)(C4)C2)C3)CC1. The summed E-state index contributed by atoms with van der Waals surface area (Å²) in [6.45, 7) is 6.43. The highest BCUT2D eigenvalue weighted by molar-refractivity contribution is 9.10. The normalized spacial score (nSPS) is 39.2. The summed E-state index contributed by atoms with van der Waals surface area (Å²) in [6.07, 6.45) is 8.07. The molecule has 4 aliphatic carbocycles. The minimum absolute atomic E-state index is 0.103. The van der Waals surface area contributed by atoms with Gasteiger partial charge in [-0.05, 0) is 56.8 Å². The Kier molecular flexibility index (Phi) is 5.10. The highest BCUT2D eigenvalue weighted by Gasteiger charge is 2.60. The Bertz CT molecular complexity index is 559. The lowest BCUT2D eigenvalue weighted by Crippen LogP contribution is -2.61. The predicted octanol–water partition coefficient (Wildman–Crippen LogP) is 2.39. The van der Waals surface area contributed by atoms with Gasteiger partial charge < -0.3 is 10.2 Å². The van der Waals surface area contributed by atoms with E-state index in [1.54, 1.807) is 0 Å². The van der Waals surface area contributed by atoms with Gasteiger partial charge in [-0.3, -0.25) is 14.5 Å². The standard InChI is InChI=1S/C20H32BrN3O2/c1-2-3-22-17(25)13-23-4-6-24(7-5-23)18(26)19-9-15-8-16(10-19)12-20(21,11-15)14-19/h15-16H,2-14H2,1H3,(H,22,25). The first-order valence-electron chi connectivity index (χ1n) is 10.4. The van der Waals surface area contributed by atoms with Crippen molar-refractivity contribution in [1.29, 1.82) is 0 Å². The van der Waals surface area contributed by atoms with Crippen LogP contribution >= 0.6 is 15.9 Å². The van der Waals surface area contributed by atoms with Gasteiger partial charge >= 0.3 is 0 Å². The first-order chi connectivity index (χ1) is 12.4. The fourth-order valence-electron chi connectivity index (χ4n) is 6.37. The Balaban J connectivity index is 1.33. The van der Waals surface area contributed by atoms with E-state index in [2.05, 4.69) is 38.0 Å². The van der Waals surface area contributed by atoms with E-state index in [0.29, 0.717) is 12.5 Å². The zero-order chi connectivity index (χ0) is 18.4. The van der Waals surface area contributed by atoms with Crippen molar-refractivity contribution < 1.29 is 9.59 Å². The minimum atomic E-state index is -0.103. The van der Waals surface area contributed by atoms with E-state index in [4.69, 9.17) is 0 Å². The van der Waals surface area contributed by atoms with Crippen LogP contribution < -0.4 is 5.32 Å². The van der Waals surface area contributed by atoms with Gasteiger partial charge in [0.15, 0.2) is 0 Å². The number of hydrogen-bond acceptors (Lipinski definition) is 3. The maximum atomic E-state index is 13.5. The monoisotopic (exact) mass is 425 g/mol. The Hall–Kier alpha value is -0.620. The fraction of sp³-hybridized carbons (Fsp3) is 0.900. The lowest BCUT2D eigenvalue weighted by atomic mass is 9.49. The Morgan fingerprint density at radius 2 is 1.73 bits per heavy atom. The molecule has 4 saturated carbocycles. The molecule has 4 bridgehead atoms. The number of carbonyl (C=O) groups excluding carboxylic acids is 2. The number of halogens is 1. The van der Waals surface area contributed by atoms with Gasteiger partial charge in [0.2, 0.25) is 11.8 Å². The number of alkyl halides is 1. The van der Waals surface area contributed by atoms with Crippen LogP contribution in [0.5, 0.6) is 0 Å². The first kappa shape index (κ1) is 18.7. The molecule has 146 valence electrons. The summed E-state index contributed by atoms with van der Waals surface area (Å²) < 4.78 is 0.228. The molecule has 1 aliphatic heterocycles. The number of piperazine rings is 1. The van der Waals surface area contributed by atoms with Gasteiger partial charge in [-0.15, -0.1) is 0 Å². The van der Waals surface area contributed by atoms with Crippen LogP contribution in [-0.2, 0) is 9.59 Å². The molecule has 2 atom stereocenters. The van der Waals surface area contributed by atoms with E-state index in [9.17, 15) is 9.59 Å². The van der Waals surface area contributed by atoms with Crippen LogP contribution in [0.25, 0.3) is 0 Å². The van der Waals surface area contributed by atoms with Gasteiger partial charge in [0.05, 0.1) is 12.0 Å². The lowest BCUT2D eigenvalue weighted by Gasteiger charge is -2.60. The van der Waals surface area contributed by atoms with Gasteiger partial charge in [-0.1, -0.05) is 22.9 Å². The zero-order valence-corrected chi connectivity index (χ0v) is 17.5. The van der Waals surface area contributed by atoms with Crippen molar-refractivity contribution >= 4 is 27.7 Å². The molecule has 0 aromatic carbocycles. The van der Waals surface area contributed by atoms with Crippen LogP contribution in [0.1, 0.15) is 51.9 Å². The summed E-state index contributed by atoms with van der Waals surface area (Å²) in [6, 6.07) is 0. The third-order valence-electron chi connectivity index (χ3n) is 7.04. The van der Waals surface area contributed by atoms with Gasteiger partial charge in [-0.2, -0.15) is 0 Å². The first-order valence-corrected chi connectivity index (χ1v) is 11.2. The summed E-state index contributed by atoms with van der Waals surface area (Å²) in [7, 11) is 0. The molecule has 5 fully saturated rings. The van der Waals surface area contributed by atoms with Crippen molar-refractivity contribution in [3.05, 3.63) is 0 Å². The second kappa shape index (κ2) is 7.08. The van der Waals surface area contributed by atoms with Crippen LogP contribution in [0, 0.1) is 17.3 Å². The number of nitrogens with zero attached hydrogens (tertiary/aromatic N) is 2. The summed E-state index contributed by atoms with van der Waals surface area (Å²) in [5, 5.41) is 2.94. The molecule has 26 heavy (non-hydrogen) atoms. The topological polar surface area (TPSA) is 52.7 Å². The molecule has 0 aromatic rings. The molecule has 6 heteroatoms. The van der Waals surface area contributed by atoms with Crippen molar-refractivity contribution in [3.8, 4) is 0 Å². The molecule has 0 aromatic heterocycles. The second-order valence-corrected chi connectivity index (χ2v) is 11.0. The van der Waals surface area contributed by atoms with Crippen molar-refractivity contribution in [3.63, 3.8) is 0 Å². The average molecular weight is 426 g/mol. The maximum absolute atomic E-state index is 13.5. The van der Waals surface area contributed by atoms with Crippen LogP contribution in [0.3, 0.4) is 0 Å². The lowest BCUT2D eigenvalue weighted by molar-refractivity contribution is -0.157. The quantitative estimate of drug-likeness (QED) is 0.687. The van der Waals surface area contributed by atoms with E-state index in [-0.39, 0.29) is 15.6 Å². The van der Waals surface area contributed by atoms with E-state index < -0.39 is 0 Å². The van der Waals surface area contributed by atoms with E-state index >= 15 is 0 Å². The fourth-order valence-corrected chi connectivity index (χ4v) is 7.82. The average Bonchev–Trinajstić information content (AvgIpc) is 2.58. The van der Waals surface area contributed by atoms with Crippen LogP contribution in [-0.4, -0.2) is 65.2 Å². The highest BCUT2D eigenvalue weighted by Crippen LogP contribution is 2.64. The van der Waals surface area contributed by atoms with Crippen LogP contribution in [0.4, 0.5) is 0 Å². The van der Waals surface area contributed by atoms with Gasteiger partial charge in [0, 0.05) is 37.0 Å². The maximum Gasteiger partial charge on any atom is 0.234 e. The van der Waals surface area contributed by atoms with Crippen molar-refractivity contribution in [1.82, 2.24) is 15.1 Å². The second-order valence-electron chi connectivity index (χ2n) is 9.31. The molecule has 5 nitrogen and oxygen atoms in total. The third-order valence-corrected chi connectivity index (χ3v) is 7.97. The van der Waals surface area contributed by atoms with E-state index in [0.717, 1.165) is 70.2 Å². The number of nitrogens with one attached hydrogen (secondary N) is 1. The molecule has 0 radical (unpaired) electrons. The molecule has 2 unspecified atom stereocenters. The Morgan fingerprint density at radius 3 is 2.31 bits per heavy atom. The third kappa shape index (κ3) is 3.56. The van der Waals surface area contributed by atoms with Crippen LogP contribution in [0.15, 0.2) is 0 Å². The Morgan fingerprint density at radius 1 is 1.08 bits per heavy atom. The molecule has 2 amide bonds. The number of carbonyl (C=O) groups is 2. The Labute approximate surface area is 165 Å². The van der Waals surface area contributed by atoms with Crippen molar-refractivity contribution in [2.45, 2.75) is 56.2 Å². The minimum Gasteiger partial charge on any atom is -0.355 e. The molecule has 5 aliphatic rings. The molecule has 1 N–H and O–H groups in total. The summed E-state index contributed by atoms with van der Waals surface area (Å²) in [4.78, 5) is 29.7. The molecule has 0 spiro atoms. The number of rotatable bonds is 5. The highest BCUT2D eigenvalue weighted by atomic mass is 79.9. The summed E-state index contributed by atoms with van der Waals surface area (Å²) >= 11 is 4.02. The summed E-state index contributed by atoms with van der Waals surface area (Å²) in [5.74, 6) is 1.99.